The van der Waals surface area contributed by atoms with Crippen molar-refractivity contribution >= 4 is 24.0 Å². The molecule has 0 spiro atoms. The zero-order chi connectivity index (χ0) is 15.6. The number of piperidine rings is 1. The summed E-state index contributed by atoms with van der Waals surface area (Å²) in [7, 11) is 0. The summed E-state index contributed by atoms with van der Waals surface area (Å²) in [6.07, 6.45) is 1.78. The van der Waals surface area contributed by atoms with Crippen molar-refractivity contribution in [1.82, 2.24) is 4.90 Å². The largest absolute Gasteiger partial charge is 0.338 e. The third kappa shape index (κ3) is 4.14. The number of carbonyl (C=O) groups is 1. The molecule has 0 bridgehead atoms. The molecule has 1 aromatic rings. The molecular formula is C14H19ClFN3O3. The van der Waals surface area contributed by atoms with Crippen LogP contribution < -0.4 is 5.73 Å². The van der Waals surface area contributed by atoms with E-state index in [-0.39, 0.29) is 35.8 Å². The third-order valence-corrected chi connectivity index (χ3v) is 3.83. The lowest BCUT2D eigenvalue weighted by atomic mass is 9.92. The number of likely N-dealkylation sites (tertiary alicyclic amines) is 1. The second-order valence-corrected chi connectivity index (χ2v) is 5.47. The maximum absolute atomic E-state index is 13.4. The molecule has 1 aliphatic heterocycles. The molecule has 1 aromatic carbocycles. The number of rotatable bonds is 3. The van der Waals surface area contributed by atoms with Gasteiger partial charge in [0.2, 0.25) is 0 Å². The molecule has 2 unspecified atom stereocenters. The summed E-state index contributed by atoms with van der Waals surface area (Å²) in [5, 5.41) is 10.7. The summed E-state index contributed by atoms with van der Waals surface area (Å²) in [4.78, 5) is 24.0. The van der Waals surface area contributed by atoms with Crippen LogP contribution in [0.2, 0.25) is 0 Å². The highest BCUT2D eigenvalue weighted by Crippen LogP contribution is 2.23. The number of carbonyl (C=O) groups excluding carboxylic acids is 1. The zero-order valence-corrected chi connectivity index (χ0v) is 13.0. The number of amides is 1. The Bertz CT molecular complexity index is 568. The van der Waals surface area contributed by atoms with Crippen molar-refractivity contribution in [2.24, 2.45) is 11.7 Å². The normalized spacial score (nSPS) is 19.2. The first-order valence-corrected chi connectivity index (χ1v) is 6.88. The molecule has 1 aliphatic rings. The second kappa shape index (κ2) is 7.51. The van der Waals surface area contributed by atoms with Crippen LogP contribution in [0, 0.1) is 21.8 Å². The smallest absolute Gasteiger partial charge is 0.273 e. The Labute approximate surface area is 134 Å². The molecule has 22 heavy (non-hydrogen) atoms. The SMILES string of the molecule is CC(N)C1CCCN(C(=O)c2cc(F)cc([N+](=O)[O-])c2)C1.Cl. The lowest BCUT2D eigenvalue weighted by Gasteiger charge is -2.34. The van der Waals surface area contributed by atoms with Gasteiger partial charge in [0, 0.05) is 30.8 Å². The van der Waals surface area contributed by atoms with Crippen LogP contribution in [0.15, 0.2) is 18.2 Å². The fourth-order valence-corrected chi connectivity index (χ4v) is 2.61. The van der Waals surface area contributed by atoms with Crippen molar-refractivity contribution in [3.63, 3.8) is 0 Å². The molecule has 2 rings (SSSR count). The first-order valence-electron chi connectivity index (χ1n) is 6.88. The molecular weight excluding hydrogens is 313 g/mol. The van der Waals surface area contributed by atoms with E-state index in [1.807, 2.05) is 6.92 Å². The number of non-ortho nitro benzene ring substituents is 1. The molecule has 6 nitrogen and oxygen atoms in total. The van der Waals surface area contributed by atoms with E-state index >= 15 is 0 Å². The van der Waals surface area contributed by atoms with Crippen LogP contribution in [-0.2, 0) is 0 Å². The van der Waals surface area contributed by atoms with Gasteiger partial charge in [-0.3, -0.25) is 14.9 Å². The first kappa shape index (κ1) is 18.3. The fourth-order valence-electron chi connectivity index (χ4n) is 2.61. The molecule has 2 atom stereocenters. The molecule has 0 radical (unpaired) electrons. The monoisotopic (exact) mass is 331 g/mol. The molecule has 1 fully saturated rings. The van der Waals surface area contributed by atoms with Gasteiger partial charge < -0.3 is 10.6 Å². The van der Waals surface area contributed by atoms with Gasteiger partial charge in [-0.1, -0.05) is 0 Å². The minimum atomic E-state index is -0.784. The molecule has 0 aromatic heterocycles. The zero-order valence-electron chi connectivity index (χ0n) is 12.2. The Morgan fingerprint density at radius 1 is 1.50 bits per heavy atom. The molecule has 8 heteroatoms. The Kier molecular flexibility index (Phi) is 6.25. The van der Waals surface area contributed by atoms with Crippen molar-refractivity contribution in [3.8, 4) is 0 Å². The van der Waals surface area contributed by atoms with Gasteiger partial charge in [0.25, 0.3) is 11.6 Å². The molecule has 122 valence electrons. The molecule has 2 N–H and O–H groups in total. The number of nitro benzene ring substituents is 1. The van der Waals surface area contributed by atoms with Gasteiger partial charge in [-0.15, -0.1) is 12.4 Å². The average Bonchev–Trinajstić information content (AvgIpc) is 2.45. The maximum Gasteiger partial charge on any atom is 0.273 e. The molecule has 1 saturated heterocycles. The number of nitrogens with zero attached hydrogens (tertiary/aromatic N) is 2. The van der Waals surface area contributed by atoms with E-state index in [4.69, 9.17) is 5.73 Å². The first-order chi connectivity index (χ1) is 9.88. The molecule has 0 aliphatic carbocycles. The van der Waals surface area contributed by atoms with Crippen molar-refractivity contribution in [2.75, 3.05) is 13.1 Å². The van der Waals surface area contributed by atoms with Crippen LogP contribution in [0.3, 0.4) is 0 Å². The minimum Gasteiger partial charge on any atom is -0.338 e. The predicted octanol–water partition coefficient (Wildman–Crippen LogP) is 2.36. The Morgan fingerprint density at radius 3 is 2.77 bits per heavy atom. The highest BCUT2D eigenvalue weighted by molar-refractivity contribution is 5.95. The van der Waals surface area contributed by atoms with Crippen LogP contribution in [0.5, 0.6) is 0 Å². The van der Waals surface area contributed by atoms with E-state index in [9.17, 15) is 19.3 Å². The molecule has 1 amide bonds. The summed E-state index contributed by atoms with van der Waals surface area (Å²) in [6.45, 7) is 2.96. The van der Waals surface area contributed by atoms with Gasteiger partial charge >= 0.3 is 0 Å². The van der Waals surface area contributed by atoms with Gasteiger partial charge in [0.1, 0.15) is 5.82 Å². The fraction of sp³-hybridized carbons (Fsp3) is 0.500. The summed E-state index contributed by atoms with van der Waals surface area (Å²) in [6, 6.07) is 2.92. The number of hydrogen-bond donors (Lipinski definition) is 1. The maximum atomic E-state index is 13.4. The van der Waals surface area contributed by atoms with Crippen molar-refractivity contribution < 1.29 is 14.1 Å². The van der Waals surface area contributed by atoms with Crippen molar-refractivity contribution in [2.45, 2.75) is 25.8 Å². The number of hydrogen-bond acceptors (Lipinski definition) is 4. The van der Waals surface area contributed by atoms with Gasteiger partial charge in [-0.25, -0.2) is 4.39 Å². The van der Waals surface area contributed by atoms with Crippen molar-refractivity contribution in [1.29, 1.82) is 0 Å². The highest BCUT2D eigenvalue weighted by Gasteiger charge is 2.27. The topological polar surface area (TPSA) is 89.5 Å². The summed E-state index contributed by atoms with van der Waals surface area (Å²) < 4.78 is 13.4. The highest BCUT2D eigenvalue weighted by atomic mass is 35.5. The van der Waals surface area contributed by atoms with E-state index in [2.05, 4.69) is 0 Å². The number of halogens is 2. The van der Waals surface area contributed by atoms with Crippen LogP contribution in [0.1, 0.15) is 30.1 Å². The van der Waals surface area contributed by atoms with Crippen molar-refractivity contribution in [3.05, 3.63) is 39.7 Å². The Hall–Kier alpha value is -1.73. The predicted molar refractivity (Wildman–Crippen MR) is 82.6 cm³/mol. The van der Waals surface area contributed by atoms with Gasteiger partial charge in [-0.2, -0.15) is 0 Å². The average molecular weight is 332 g/mol. The van der Waals surface area contributed by atoms with E-state index in [1.54, 1.807) is 4.90 Å². The third-order valence-electron chi connectivity index (χ3n) is 3.83. The minimum absolute atomic E-state index is 0. The summed E-state index contributed by atoms with van der Waals surface area (Å²) in [5.41, 5.74) is 5.46. The second-order valence-electron chi connectivity index (χ2n) is 5.47. The molecule has 1 heterocycles. The Balaban J connectivity index is 0.00000242. The lowest BCUT2D eigenvalue weighted by Crippen LogP contribution is -2.45. The van der Waals surface area contributed by atoms with Gasteiger partial charge in [-0.05, 0) is 31.7 Å². The van der Waals surface area contributed by atoms with Crippen LogP contribution in [-0.4, -0.2) is 34.9 Å². The Morgan fingerprint density at radius 2 is 2.18 bits per heavy atom. The number of nitrogens with two attached hydrogens (primary N) is 1. The summed E-state index contributed by atoms with van der Waals surface area (Å²) >= 11 is 0. The van der Waals surface area contributed by atoms with E-state index in [0.717, 1.165) is 31.0 Å². The van der Waals surface area contributed by atoms with Crippen LogP contribution in [0.4, 0.5) is 10.1 Å². The quantitative estimate of drug-likeness (QED) is 0.680. The van der Waals surface area contributed by atoms with E-state index in [1.165, 1.54) is 0 Å². The lowest BCUT2D eigenvalue weighted by molar-refractivity contribution is -0.385. The van der Waals surface area contributed by atoms with Gasteiger partial charge in [0.05, 0.1) is 11.0 Å². The number of benzene rings is 1. The molecule has 0 saturated carbocycles. The standard InChI is InChI=1S/C14H18FN3O3.ClH/c1-9(16)10-3-2-4-17(8-10)14(19)11-5-12(15)7-13(6-11)18(20)21;/h5-7,9-10H,2-4,8,16H2,1H3;1H. The van der Waals surface area contributed by atoms with E-state index < -0.39 is 16.4 Å². The summed E-state index contributed by atoms with van der Waals surface area (Å²) in [5.74, 6) is -0.970. The van der Waals surface area contributed by atoms with Gasteiger partial charge in [0.15, 0.2) is 0 Å². The van der Waals surface area contributed by atoms with Crippen LogP contribution >= 0.6 is 12.4 Å². The number of nitro groups is 1. The van der Waals surface area contributed by atoms with E-state index in [0.29, 0.717) is 13.1 Å². The van der Waals surface area contributed by atoms with Crippen LogP contribution in [0.25, 0.3) is 0 Å².